The number of benzene rings is 1. The van der Waals surface area contributed by atoms with Crippen LogP contribution in [-0.4, -0.2) is 32.4 Å². The molecule has 3 nitrogen and oxygen atoms in total. The van der Waals surface area contributed by atoms with Crippen LogP contribution in [0.1, 0.15) is 36.8 Å². The minimum Gasteiger partial charge on any atom is -0.492 e. The number of aryl methyl sites for hydroxylation is 2. The van der Waals surface area contributed by atoms with Gasteiger partial charge in [0, 0.05) is 19.7 Å². The summed E-state index contributed by atoms with van der Waals surface area (Å²) >= 11 is 0. The Kier molecular flexibility index (Phi) is 4.93. The Morgan fingerprint density at radius 2 is 2.05 bits per heavy atom. The van der Waals surface area contributed by atoms with Gasteiger partial charge in [0.15, 0.2) is 0 Å². The van der Waals surface area contributed by atoms with Gasteiger partial charge in [0.25, 0.3) is 0 Å². The molecule has 0 radical (unpaired) electrons. The summed E-state index contributed by atoms with van der Waals surface area (Å²) in [4.78, 5) is 0. The molecule has 1 aromatic rings. The molecule has 1 fully saturated rings. The zero-order chi connectivity index (χ0) is 13.6. The Bertz CT molecular complexity index is 427. The van der Waals surface area contributed by atoms with Crippen LogP contribution in [0, 0.1) is 0 Å². The van der Waals surface area contributed by atoms with E-state index in [9.17, 15) is 0 Å². The SMILES string of the molecule is c1cc2c(cc1OCCNCC1CCCO1)CCCC2. The second kappa shape index (κ2) is 7.09. The van der Waals surface area contributed by atoms with E-state index in [0.29, 0.717) is 6.10 Å². The Morgan fingerprint density at radius 3 is 2.90 bits per heavy atom. The molecule has 1 N–H and O–H groups in total. The van der Waals surface area contributed by atoms with Gasteiger partial charge < -0.3 is 14.8 Å². The highest BCUT2D eigenvalue weighted by atomic mass is 16.5. The van der Waals surface area contributed by atoms with Gasteiger partial charge in [0.2, 0.25) is 0 Å². The van der Waals surface area contributed by atoms with Crippen LogP contribution in [-0.2, 0) is 17.6 Å². The molecule has 0 saturated carbocycles. The lowest BCUT2D eigenvalue weighted by molar-refractivity contribution is 0.109. The van der Waals surface area contributed by atoms with E-state index in [0.717, 1.165) is 32.1 Å². The molecule has 1 aliphatic carbocycles. The Hall–Kier alpha value is -1.06. The first-order valence-electron chi connectivity index (χ1n) is 7.99. The molecule has 0 amide bonds. The van der Waals surface area contributed by atoms with Crippen molar-refractivity contribution < 1.29 is 9.47 Å². The van der Waals surface area contributed by atoms with Gasteiger partial charge >= 0.3 is 0 Å². The van der Waals surface area contributed by atoms with Gasteiger partial charge in [-0.05, 0) is 61.8 Å². The first kappa shape index (κ1) is 13.9. The Balaban J connectivity index is 1.37. The minimum atomic E-state index is 0.416. The molecule has 110 valence electrons. The summed E-state index contributed by atoms with van der Waals surface area (Å²) in [5, 5.41) is 3.41. The van der Waals surface area contributed by atoms with Crippen LogP contribution < -0.4 is 10.1 Å². The van der Waals surface area contributed by atoms with Crippen molar-refractivity contribution in [3.63, 3.8) is 0 Å². The number of ether oxygens (including phenoxy) is 2. The molecule has 20 heavy (non-hydrogen) atoms. The first-order valence-corrected chi connectivity index (χ1v) is 7.99. The van der Waals surface area contributed by atoms with Crippen molar-refractivity contribution in [3.05, 3.63) is 29.3 Å². The summed E-state index contributed by atoms with van der Waals surface area (Å²) in [5.41, 5.74) is 3.00. The average molecular weight is 275 g/mol. The largest absolute Gasteiger partial charge is 0.492 e. The molecule has 2 aliphatic rings. The van der Waals surface area contributed by atoms with Gasteiger partial charge in [-0.3, -0.25) is 0 Å². The van der Waals surface area contributed by atoms with Crippen molar-refractivity contribution in [2.45, 2.75) is 44.6 Å². The van der Waals surface area contributed by atoms with E-state index >= 15 is 0 Å². The highest BCUT2D eigenvalue weighted by Gasteiger charge is 2.14. The monoisotopic (exact) mass is 275 g/mol. The predicted molar refractivity (Wildman–Crippen MR) is 80.4 cm³/mol. The summed E-state index contributed by atoms with van der Waals surface area (Å²) in [5.74, 6) is 1.02. The van der Waals surface area contributed by atoms with Crippen molar-refractivity contribution in [1.82, 2.24) is 5.32 Å². The molecule has 0 spiro atoms. The van der Waals surface area contributed by atoms with Crippen LogP contribution in [0.3, 0.4) is 0 Å². The third-order valence-corrected chi connectivity index (χ3v) is 4.26. The molecule has 1 heterocycles. The van der Waals surface area contributed by atoms with E-state index in [-0.39, 0.29) is 0 Å². The summed E-state index contributed by atoms with van der Waals surface area (Å²) < 4.78 is 11.4. The summed E-state index contributed by atoms with van der Waals surface area (Å²) in [7, 11) is 0. The van der Waals surface area contributed by atoms with Crippen molar-refractivity contribution in [1.29, 1.82) is 0 Å². The number of rotatable bonds is 6. The molecular formula is C17H25NO2. The zero-order valence-electron chi connectivity index (χ0n) is 12.2. The number of hydrogen-bond acceptors (Lipinski definition) is 3. The van der Waals surface area contributed by atoms with Crippen molar-refractivity contribution in [2.24, 2.45) is 0 Å². The third-order valence-electron chi connectivity index (χ3n) is 4.26. The van der Waals surface area contributed by atoms with Crippen LogP contribution in [0.25, 0.3) is 0 Å². The average Bonchev–Trinajstić information content (AvgIpc) is 3.00. The smallest absolute Gasteiger partial charge is 0.119 e. The van der Waals surface area contributed by atoms with Gasteiger partial charge in [0.1, 0.15) is 12.4 Å². The van der Waals surface area contributed by atoms with Crippen LogP contribution in [0.2, 0.25) is 0 Å². The molecule has 1 atom stereocenters. The highest BCUT2D eigenvalue weighted by molar-refractivity contribution is 5.37. The molecular weight excluding hydrogens is 250 g/mol. The summed E-state index contributed by atoms with van der Waals surface area (Å²) in [6.07, 6.45) is 7.91. The Labute approximate surface area is 121 Å². The van der Waals surface area contributed by atoms with Crippen LogP contribution in [0.4, 0.5) is 0 Å². The van der Waals surface area contributed by atoms with Crippen molar-refractivity contribution in [2.75, 3.05) is 26.3 Å². The molecule has 1 aliphatic heterocycles. The quantitative estimate of drug-likeness (QED) is 0.810. The normalized spacial score (nSPS) is 21.7. The molecule has 0 aromatic heterocycles. The van der Waals surface area contributed by atoms with Gasteiger partial charge in [-0.1, -0.05) is 6.07 Å². The van der Waals surface area contributed by atoms with Gasteiger partial charge in [-0.15, -0.1) is 0 Å². The van der Waals surface area contributed by atoms with Gasteiger partial charge in [-0.2, -0.15) is 0 Å². The molecule has 3 heteroatoms. The van der Waals surface area contributed by atoms with E-state index in [2.05, 4.69) is 23.5 Å². The summed E-state index contributed by atoms with van der Waals surface area (Å²) in [6, 6.07) is 6.59. The number of hydrogen-bond donors (Lipinski definition) is 1. The maximum absolute atomic E-state index is 5.83. The fraction of sp³-hybridized carbons (Fsp3) is 0.647. The molecule has 0 bridgehead atoms. The van der Waals surface area contributed by atoms with E-state index in [4.69, 9.17) is 9.47 Å². The first-order chi connectivity index (χ1) is 9.92. The second-order valence-corrected chi connectivity index (χ2v) is 5.83. The van der Waals surface area contributed by atoms with E-state index in [1.807, 2.05) is 0 Å². The van der Waals surface area contributed by atoms with Crippen LogP contribution in [0.5, 0.6) is 5.75 Å². The summed E-state index contributed by atoms with van der Waals surface area (Å²) in [6.45, 7) is 3.49. The topological polar surface area (TPSA) is 30.5 Å². The highest BCUT2D eigenvalue weighted by Crippen LogP contribution is 2.25. The Morgan fingerprint density at radius 1 is 1.15 bits per heavy atom. The van der Waals surface area contributed by atoms with E-state index in [1.54, 1.807) is 0 Å². The van der Waals surface area contributed by atoms with Crippen molar-refractivity contribution >= 4 is 0 Å². The maximum atomic E-state index is 5.83. The molecule has 1 aromatic carbocycles. The lowest BCUT2D eigenvalue weighted by Gasteiger charge is -2.17. The van der Waals surface area contributed by atoms with Crippen molar-refractivity contribution in [3.8, 4) is 5.75 Å². The molecule has 3 rings (SSSR count). The van der Waals surface area contributed by atoms with E-state index < -0.39 is 0 Å². The lowest BCUT2D eigenvalue weighted by atomic mass is 9.92. The predicted octanol–water partition coefficient (Wildman–Crippen LogP) is 2.71. The number of nitrogens with one attached hydrogen (secondary N) is 1. The second-order valence-electron chi connectivity index (χ2n) is 5.83. The van der Waals surface area contributed by atoms with Gasteiger partial charge in [-0.25, -0.2) is 0 Å². The maximum Gasteiger partial charge on any atom is 0.119 e. The standard InChI is InChI=1S/C17H25NO2/c1-2-5-15-12-16(8-7-14(15)4-1)20-11-9-18-13-17-6-3-10-19-17/h7-8,12,17-18H,1-6,9-11,13H2. The van der Waals surface area contributed by atoms with Crippen LogP contribution in [0.15, 0.2) is 18.2 Å². The molecule has 1 unspecified atom stereocenters. The van der Waals surface area contributed by atoms with Crippen LogP contribution >= 0.6 is 0 Å². The third kappa shape index (κ3) is 3.74. The minimum absolute atomic E-state index is 0.416. The zero-order valence-corrected chi connectivity index (χ0v) is 12.2. The van der Waals surface area contributed by atoms with E-state index in [1.165, 1.54) is 49.7 Å². The molecule has 1 saturated heterocycles. The fourth-order valence-electron chi connectivity index (χ4n) is 3.11. The fourth-order valence-corrected chi connectivity index (χ4v) is 3.11. The van der Waals surface area contributed by atoms with Gasteiger partial charge in [0.05, 0.1) is 6.10 Å². The number of fused-ring (bicyclic) bond motifs is 1. The lowest BCUT2D eigenvalue weighted by Crippen LogP contribution is -2.29.